The van der Waals surface area contributed by atoms with Crippen LogP contribution in [0, 0.1) is 6.92 Å². The number of benzene rings is 1. The van der Waals surface area contributed by atoms with Crippen LogP contribution < -0.4 is 10.1 Å². The van der Waals surface area contributed by atoms with Crippen LogP contribution >= 0.6 is 27.5 Å². The molecule has 0 unspecified atom stereocenters. The van der Waals surface area contributed by atoms with Gasteiger partial charge in [-0.15, -0.1) is 0 Å². The SMILES string of the molecule is CCOc1nc(Cl)nc(Nc2cccc(C)c2Br)n1. The third-order valence-corrected chi connectivity index (χ3v) is 3.52. The van der Waals surface area contributed by atoms with Gasteiger partial charge in [-0.3, -0.25) is 0 Å². The number of hydrogen-bond acceptors (Lipinski definition) is 5. The lowest BCUT2D eigenvalue weighted by Crippen LogP contribution is -2.04. The minimum absolute atomic E-state index is 0.0877. The lowest BCUT2D eigenvalue weighted by Gasteiger charge is -2.09. The van der Waals surface area contributed by atoms with E-state index in [2.05, 4.69) is 36.2 Å². The van der Waals surface area contributed by atoms with Crippen molar-refractivity contribution in [2.45, 2.75) is 13.8 Å². The Morgan fingerprint density at radius 3 is 2.84 bits per heavy atom. The summed E-state index contributed by atoms with van der Waals surface area (Å²) in [7, 11) is 0. The number of hydrogen-bond donors (Lipinski definition) is 1. The summed E-state index contributed by atoms with van der Waals surface area (Å²) < 4.78 is 6.17. The molecule has 5 nitrogen and oxygen atoms in total. The third-order valence-electron chi connectivity index (χ3n) is 2.30. The van der Waals surface area contributed by atoms with Crippen LogP contribution in [0.5, 0.6) is 6.01 Å². The Hall–Kier alpha value is -1.40. The van der Waals surface area contributed by atoms with Gasteiger partial charge < -0.3 is 10.1 Å². The highest BCUT2D eigenvalue weighted by molar-refractivity contribution is 9.10. The van der Waals surface area contributed by atoms with E-state index in [4.69, 9.17) is 16.3 Å². The molecule has 0 atom stereocenters. The Bertz CT molecular complexity index is 594. The number of nitrogens with one attached hydrogen (secondary N) is 1. The van der Waals surface area contributed by atoms with Gasteiger partial charge in [0.2, 0.25) is 11.2 Å². The molecular weight excluding hydrogens is 332 g/mol. The quantitative estimate of drug-likeness (QED) is 0.916. The minimum Gasteiger partial charge on any atom is -0.464 e. The molecule has 0 bridgehead atoms. The smallest absolute Gasteiger partial charge is 0.322 e. The Labute approximate surface area is 124 Å². The number of rotatable bonds is 4. The molecule has 7 heteroatoms. The molecule has 0 saturated heterocycles. The molecule has 0 aliphatic rings. The van der Waals surface area contributed by atoms with E-state index < -0.39 is 0 Å². The highest BCUT2D eigenvalue weighted by Crippen LogP contribution is 2.28. The molecule has 100 valence electrons. The summed E-state index contributed by atoms with van der Waals surface area (Å²) in [5.41, 5.74) is 1.96. The molecule has 0 fully saturated rings. The molecule has 1 aromatic heterocycles. The molecule has 0 spiro atoms. The molecule has 0 radical (unpaired) electrons. The Morgan fingerprint density at radius 2 is 2.11 bits per heavy atom. The highest BCUT2D eigenvalue weighted by atomic mass is 79.9. The molecule has 0 saturated carbocycles. The number of aryl methyl sites for hydroxylation is 1. The van der Waals surface area contributed by atoms with Crippen LogP contribution in [0.3, 0.4) is 0 Å². The largest absolute Gasteiger partial charge is 0.464 e. The highest BCUT2D eigenvalue weighted by Gasteiger charge is 2.08. The van der Waals surface area contributed by atoms with Crippen molar-refractivity contribution in [3.63, 3.8) is 0 Å². The Morgan fingerprint density at radius 1 is 1.32 bits per heavy atom. The maximum atomic E-state index is 5.83. The van der Waals surface area contributed by atoms with E-state index in [1.165, 1.54) is 0 Å². The fourth-order valence-corrected chi connectivity index (χ4v) is 1.96. The number of nitrogens with zero attached hydrogens (tertiary/aromatic N) is 3. The molecule has 1 N–H and O–H groups in total. The van der Waals surface area contributed by atoms with Gasteiger partial charge in [0, 0.05) is 4.47 Å². The normalized spacial score (nSPS) is 10.3. The van der Waals surface area contributed by atoms with Gasteiger partial charge in [0.25, 0.3) is 0 Å². The van der Waals surface area contributed by atoms with Gasteiger partial charge in [-0.1, -0.05) is 12.1 Å². The first-order chi connectivity index (χ1) is 9.10. The van der Waals surface area contributed by atoms with Gasteiger partial charge in [0.05, 0.1) is 12.3 Å². The van der Waals surface area contributed by atoms with Crippen molar-refractivity contribution in [2.24, 2.45) is 0 Å². The summed E-state index contributed by atoms with van der Waals surface area (Å²) in [4.78, 5) is 12.0. The summed E-state index contributed by atoms with van der Waals surface area (Å²) >= 11 is 9.34. The first kappa shape index (κ1) is 14.0. The monoisotopic (exact) mass is 342 g/mol. The Balaban J connectivity index is 2.30. The zero-order valence-electron chi connectivity index (χ0n) is 10.4. The van der Waals surface area contributed by atoms with E-state index in [0.29, 0.717) is 12.6 Å². The summed E-state index contributed by atoms with van der Waals surface area (Å²) in [5.74, 6) is 0.342. The number of ether oxygens (including phenoxy) is 1. The van der Waals surface area contributed by atoms with Crippen LogP contribution in [0.1, 0.15) is 12.5 Å². The van der Waals surface area contributed by atoms with Crippen molar-refractivity contribution in [3.05, 3.63) is 33.5 Å². The zero-order chi connectivity index (χ0) is 13.8. The van der Waals surface area contributed by atoms with Gasteiger partial charge in [-0.2, -0.15) is 15.0 Å². The van der Waals surface area contributed by atoms with E-state index in [0.717, 1.165) is 15.7 Å². The van der Waals surface area contributed by atoms with E-state index in [1.807, 2.05) is 32.0 Å². The van der Waals surface area contributed by atoms with Crippen LogP contribution in [-0.2, 0) is 0 Å². The van der Waals surface area contributed by atoms with Crippen LogP contribution in [0.2, 0.25) is 5.28 Å². The molecule has 1 aromatic carbocycles. The summed E-state index contributed by atoms with van der Waals surface area (Å²) in [5, 5.41) is 3.17. The average molecular weight is 344 g/mol. The second-order valence-corrected chi connectivity index (χ2v) is 4.84. The molecule has 19 heavy (non-hydrogen) atoms. The van der Waals surface area contributed by atoms with Crippen molar-refractivity contribution in [2.75, 3.05) is 11.9 Å². The van der Waals surface area contributed by atoms with E-state index in [1.54, 1.807) is 0 Å². The van der Waals surface area contributed by atoms with E-state index in [-0.39, 0.29) is 11.3 Å². The summed E-state index contributed by atoms with van der Waals surface area (Å²) in [6.45, 7) is 4.32. The van der Waals surface area contributed by atoms with Crippen molar-refractivity contribution in [3.8, 4) is 6.01 Å². The maximum absolute atomic E-state index is 5.83. The molecule has 0 amide bonds. The second-order valence-electron chi connectivity index (χ2n) is 3.71. The molecule has 0 aliphatic heterocycles. The van der Waals surface area contributed by atoms with Crippen LogP contribution in [-0.4, -0.2) is 21.6 Å². The minimum atomic E-state index is 0.0877. The van der Waals surface area contributed by atoms with Crippen molar-refractivity contribution in [1.29, 1.82) is 0 Å². The average Bonchev–Trinajstić information content (AvgIpc) is 2.35. The van der Waals surface area contributed by atoms with Gasteiger partial charge >= 0.3 is 6.01 Å². The molecule has 2 aromatic rings. The first-order valence-electron chi connectivity index (χ1n) is 5.66. The third kappa shape index (κ3) is 3.54. The first-order valence-corrected chi connectivity index (χ1v) is 6.83. The summed E-state index contributed by atoms with van der Waals surface area (Å²) in [6.07, 6.45) is 0. The standard InChI is InChI=1S/C12H12BrClN4O/c1-3-19-12-17-10(14)16-11(18-12)15-8-6-4-5-7(2)9(8)13/h4-6H,3H2,1-2H3,(H,15,16,17,18). The molecule has 1 heterocycles. The number of halogens is 2. The summed E-state index contributed by atoms with van der Waals surface area (Å²) in [6, 6.07) is 6.05. The van der Waals surface area contributed by atoms with E-state index >= 15 is 0 Å². The van der Waals surface area contributed by atoms with E-state index in [9.17, 15) is 0 Å². The second kappa shape index (κ2) is 6.16. The number of aromatic nitrogens is 3. The lowest BCUT2D eigenvalue weighted by molar-refractivity contribution is 0.312. The maximum Gasteiger partial charge on any atom is 0.322 e. The van der Waals surface area contributed by atoms with Gasteiger partial charge in [-0.25, -0.2) is 0 Å². The lowest BCUT2D eigenvalue weighted by atomic mass is 10.2. The molecular formula is C12H12BrClN4O. The van der Waals surface area contributed by atoms with Crippen LogP contribution in [0.15, 0.2) is 22.7 Å². The van der Waals surface area contributed by atoms with Gasteiger partial charge in [0.15, 0.2) is 0 Å². The predicted molar refractivity (Wildman–Crippen MR) is 78.2 cm³/mol. The molecule has 0 aliphatic carbocycles. The number of anilines is 2. The van der Waals surface area contributed by atoms with Crippen LogP contribution in [0.25, 0.3) is 0 Å². The van der Waals surface area contributed by atoms with Crippen molar-refractivity contribution in [1.82, 2.24) is 15.0 Å². The van der Waals surface area contributed by atoms with Crippen molar-refractivity contribution < 1.29 is 4.74 Å². The fourth-order valence-electron chi connectivity index (χ4n) is 1.45. The van der Waals surface area contributed by atoms with Crippen molar-refractivity contribution >= 4 is 39.2 Å². The van der Waals surface area contributed by atoms with Gasteiger partial charge in [0.1, 0.15) is 0 Å². The molecule has 2 rings (SSSR count). The fraction of sp³-hybridized carbons (Fsp3) is 0.250. The van der Waals surface area contributed by atoms with Gasteiger partial charge in [-0.05, 0) is 53.0 Å². The predicted octanol–water partition coefficient (Wildman–Crippen LogP) is 3.74. The zero-order valence-corrected chi connectivity index (χ0v) is 12.8. The topological polar surface area (TPSA) is 59.9 Å². The Kier molecular flexibility index (Phi) is 4.55. The van der Waals surface area contributed by atoms with Crippen LogP contribution in [0.4, 0.5) is 11.6 Å².